The van der Waals surface area contributed by atoms with Gasteiger partial charge in [-0.05, 0) is 23.8 Å². The Balaban J connectivity index is 2.41. The lowest BCUT2D eigenvalue weighted by Crippen LogP contribution is -2.28. The van der Waals surface area contributed by atoms with E-state index in [1.54, 1.807) is 0 Å². The van der Waals surface area contributed by atoms with Gasteiger partial charge >= 0.3 is 5.97 Å². The van der Waals surface area contributed by atoms with E-state index in [9.17, 15) is 4.79 Å². The van der Waals surface area contributed by atoms with Gasteiger partial charge in [0.2, 0.25) is 0 Å². The van der Waals surface area contributed by atoms with E-state index >= 15 is 0 Å². The van der Waals surface area contributed by atoms with Gasteiger partial charge in [0.15, 0.2) is 0 Å². The summed E-state index contributed by atoms with van der Waals surface area (Å²) in [6.45, 7) is 8.37. The third kappa shape index (κ3) is 4.91. The van der Waals surface area contributed by atoms with Crippen molar-refractivity contribution in [3.8, 4) is 0 Å². The van der Waals surface area contributed by atoms with Crippen LogP contribution >= 0.6 is 0 Å². The summed E-state index contributed by atoms with van der Waals surface area (Å²) >= 11 is 0. The quantitative estimate of drug-likeness (QED) is 0.715. The van der Waals surface area contributed by atoms with Gasteiger partial charge in [-0.3, -0.25) is 4.79 Å². The van der Waals surface area contributed by atoms with Crippen molar-refractivity contribution >= 4 is 5.97 Å². The van der Waals surface area contributed by atoms with Crippen LogP contribution in [0.5, 0.6) is 0 Å². The van der Waals surface area contributed by atoms with E-state index in [-0.39, 0.29) is 12.1 Å². The Morgan fingerprint density at radius 2 is 1.61 bits per heavy atom. The molecule has 1 aromatic carbocycles. The molecule has 0 unspecified atom stereocenters. The van der Waals surface area contributed by atoms with Crippen molar-refractivity contribution in [3.63, 3.8) is 0 Å². The number of ether oxygens (including phenoxy) is 1. The van der Waals surface area contributed by atoms with Gasteiger partial charge in [-0.2, -0.15) is 0 Å². The van der Waals surface area contributed by atoms with Crippen LogP contribution in [0.15, 0.2) is 30.3 Å². The first kappa shape index (κ1) is 14.7. The summed E-state index contributed by atoms with van der Waals surface area (Å²) in [5.74, 6) is 0.641. The Bertz CT molecular complexity index is 347. The molecule has 0 atom stereocenters. The van der Waals surface area contributed by atoms with Crippen LogP contribution in [0, 0.1) is 11.8 Å². The van der Waals surface area contributed by atoms with Crippen LogP contribution in [-0.2, 0) is 16.0 Å². The number of carbonyl (C=O) groups excluding carboxylic acids is 1. The third-order valence-electron chi connectivity index (χ3n) is 3.04. The molecule has 1 rings (SSSR count). The zero-order chi connectivity index (χ0) is 13.5. The fourth-order valence-corrected chi connectivity index (χ4v) is 2.14. The van der Waals surface area contributed by atoms with Gasteiger partial charge in [-0.1, -0.05) is 58.0 Å². The first-order valence-corrected chi connectivity index (χ1v) is 6.74. The lowest BCUT2D eigenvalue weighted by molar-refractivity contribution is -0.153. The molecule has 0 saturated heterocycles. The minimum atomic E-state index is -0.0914. The summed E-state index contributed by atoms with van der Waals surface area (Å²) in [5, 5.41) is 0. The molecular formula is C16H24O2. The number of carbonyl (C=O) groups is 1. The maximum atomic E-state index is 11.8. The first-order chi connectivity index (χ1) is 8.50. The molecule has 0 radical (unpaired) electrons. The molecule has 0 aromatic heterocycles. The molecular weight excluding hydrogens is 224 g/mol. The Labute approximate surface area is 110 Å². The van der Waals surface area contributed by atoms with Crippen LogP contribution in [0.1, 0.15) is 39.7 Å². The van der Waals surface area contributed by atoms with Crippen molar-refractivity contribution < 1.29 is 9.53 Å². The fourth-order valence-electron chi connectivity index (χ4n) is 2.14. The van der Waals surface area contributed by atoms with Crippen molar-refractivity contribution in [2.24, 2.45) is 11.8 Å². The van der Waals surface area contributed by atoms with Crippen molar-refractivity contribution in [1.29, 1.82) is 0 Å². The van der Waals surface area contributed by atoms with Gasteiger partial charge in [0.1, 0.15) is 6.10 Å². The Kier molecular flexibility index (Phi) is 5.90. The first-order valence-electron chi connectivity index (χ1n) is 6.74. The molecule has 0 amide bonds. The fraction of sp³-hybridized carbons (Fsp3) is 0.562. The third-order valence-corrected chi connectivity index (χ3v) is 3.04. The minimum absolute atomic E-state index is 0.0215. The van der Waals surface area contributed by atoms with Crippen molar-refractivity contribution in [2.45, 2.75) is 46.6 Å². The predicted octanol–water partition coefficient (Wildman–Crippen LogP) is 3.84. The van der Waals surface area contributed by atoms with E-state index in [1.165, 1.54) is 5.56 Å². The molecule has 0 heterocycles. The summed E-state index contributed by atoms with van der Waals surface area (Å²) < 4.78 is 5.56. The number of esters is 1. The van der Waals surface area contributed by atoms with Crippen molar-refractivity contribution in [3.05, 3.63) is 35.9 Å². The zero-order valence-electron chi connectivity index (χ0n) is 11.8. The maximum absolute atomic E-state index is 11.8. The second-order valence-corrected chi connectivity index (χ2v) is 5.43. The monoisotopic (exact) mass is 248 g/mol. The van der Waals surface area contributed by atoms with Crippen molar-refractivity contribution in [1.82, 2.24) is 0 Å². The van der Waals surface area contributed by atoms with Crippen molar-refractivity contribution in [2.75, 3.05) is 0 Å². The van der Waals surface area contributed by atoms with Gasteiger partial charge < -0.3 is 4.74 Å². The lowest BCUT2D eigenvalue weighted by atomic mass is 9.96. The van der Waals surface area contributed by atoms with Crippen LogP contribution in [0.25, 0.3) is 0 Å². The van der Waals surface area contributed by atoms with E-state index < -0.39 is 0 Å². The summed E-state index contributed by atoms with van der Waals surface area (Å²) in [4.78, 5) is 11.8. The van der Waals surface area contributed by atoms with Crippen LogP contribution < -0.4 is 0 Å². The second-order valence-electron chi connectivity index (χ2n) is 5.43. The Morgan fingerprint density at radius 3 is 2.11 bits per heavy atom. The van der Waals surface area contributed by atoms with Crippen LogP contribution in [0.2, 0.25) is 0 Å². The summed E-state index contributed by atoms with van der Waals surface area (Å²) in [6, 6.07) is 10.0. The van der Waals surface area contributed by atoms with Crippen LogP contribution in [0.3, 0.4) is 0 Å². The lowest BCUT2D eigenvalue weighted by Gasteiger charge is -2.24. The van der Waals surface area contributed by atoms with E-state index in [1.807, 2.05) is 30.3 Å². The highest BCUT2D eigenvalue weighted by Crippen LogP contribution is 2.17. The normalized spacial score (nSPS) is 11.3. The van der Waals surface area contributed by atoms with Crippen LogP contribution in [0.4, 0.5) is 0 Å². The smallest absolute Gasteiger partial charge is 0.306 e. The number of hydrogen-bond donors (Lipinski definition) is 0. The SMILES string of the molecule is CC(C)C(OC(=O)CCc1ccccc1)C(C)C. The molecule has 0 fully saturated rings. The van der Waals surface area contributed by atoms with E-state index in [4.69, 9.17) is 4.74 Å². The van der Waals surface area contributed by atoms with Gasteiger partial charge in [-0.15, -0.1) is 0 Å². The topological polar surface area (TPSA) is 26.3 Å². The highest BCUT2D eigenvalue weighted by atomic mass is 16.5. The molecule has 0 bridgehead atoms. The standard InChI is InChI=1S/C16H24O2/c1-12(2)16(13(3)4)18-15(17)11-10-14-8-6-5-7-9-14/h5-9,12-13,16H,10-11H2,1-4H3. The maximum Gasteiger partial charge on any atom is 0.306 e. The zero-order valence-corrected chi connectivity index (χ0v) is 11.8. The molecule has 0 saturated carbocycles. The summed E-state index contributed by atoms with van der Waals surface area (Å²) in [6.07, 6.45) is 1.23. The predicted molar refractivity (Wildman–Crippen MR) is 74.3 cm³/mol. The second kappa shape index (κ2) is 7.20. The van der Waals surface area contributed by atoms with Crippen LogP contribution in [-0.4, -0.2) is 12.1 Å². The Hall–Kier alpha value is -1.31. The minimum Gasteiger partial charge on any atom is -0.462 e. The molecule has 18 heavy (non-hydrogen) atoms. The Morgan fingerprint density at radius 1 is 1.06 bits per heavy atom. The number of hydrogen-bond acceptors (Lipinski definition) is 2. The highest BCUT2D eigenvalue weighted by Gasteiger charge is 2.21. The molecule has 0 aliphatic rings. The summed E-state index contributed by atoms with van der Waals surface area (Å²) in [7, 11) is 0. The number of rotatable bonds is 6. The number of aryl methyl sites for hydroxylation is 1. The van der Waals surface area contributed by atoms with Gasteiger partial charge in [0.25, 0.3) is 0 Å². The average Bonchev–Trinajstić information content (AvgIpc) is 2.34. The molecule has 0 spiro atoms. The molecule has 0 N–H and O–H groups in total. The van der Waals surface area contributed by atoms with E-state index in [0.29, 0.717) is 18.3 Å². The highest BCUT2D eigenvalue weighted by molar-refractivity contribution is 5.70. The van der Waals surface area contributed by atoms with E-state index in [2.05, 4.69) is 27.7 Å². The largest absolute Gasteiger partial charge is 0.462 e. The average molecular weight is 248 g/mol. The van der Waals surface area contributed by atoms with E-state index in [0.717, 1.165) is 6.42 Å². The molecule has 0 aliphatic heterocycles. The van der Waals surface area contributed by atoms with Gasteiger partial charge in [-0.25, -0.2) is 0 Å². The molecule has 2 heteroatoms. The number of benzene rings is 1. The van der Waals surface area contributed by atoms with Gasteiger partial charge in [0.05, 0.1) is 0 Å². The molecule has 2 nitrogen and oxygen atoms in total. The molecule has 1 aromatic rings. The molecule has 100 valence electrons. The van der Waals surface area contributed by atoms with Gasteiger partial charge in [0, 0.05) is 6.42 Å². The summed E-state index contributed by atoms with van der Waals surface area (Å²) in [5.41, 5.74) is 1.18. The molecule has 0 aliphatic carbocycles.